The highest BCUT2D eigenvalue weighted by atomic mass is 16.5. The van der Waals surface area contributed by atoms with Crippen molar-refractivity contribution < 1.29 is 29.3 Å². The van der Waals surface area contributed by atoms with E-state index in [1.165, 1.54) is 0 Å². The average Bonchev–Trinajstić information content (AvgIpc) is 2.97. The number of aliphatic hydroxyl groups is 1. The molecule has 0 saturated heterocycles. The molecule has 8 nitrogen and oxygen atoms in total. The second-order valence-corrected chi connectivity index (χ2v) is 9.32. The van der Waals surface area contributed by atoms with Crippen LogP contribution in [-0.2, 0) is 14.3 Å². The molecule has 0 spiro atoms. The van der Waals surface area contributed by atoms with Gasteiger partial charge in [-0.1, -0.05) is 67.8 Å². The maximum absolute atomic E-state index is 12.8. The number of aliphatic hydroxyl groups excluding tert-OH is 1. The highest BCUT2D eigenvalue weighted by molar-refractivity contribution is 5.81. The molecule has 1 unspecified atom stereocenters. The smallest absolute Gasteiger partial charge is 0.407 e. The summed E-state index contributed by atoms with van der Waals surface area (Å²) in [5.41, 5.74) is 4.58. The van der Waals surface area contributed by atoms with E-state index in [0.717, 1.165) is 41.5 Å². The second kappa shape index (κ2) is 11.4. The Bertz CT molecular complexity index is 1030. The summed E-state index contributed by atoms with van der Waals surface area (Å²) in [7, 11) is 0. The maximum atomic E-state index is 12.8. The molecule has 35 heavy (non-hydrogen) atoms. The highest BCUT2D eigenvalue weighted by Crippen LogP contribution is 2.44. The first kappa shape index (κ1) is 24.7. The molecule has 2 aliphatic rings. The van der Waals surface area contributed by atoms with E-state index < -0.39 is 30.5 Å². The zero-order valence-electron chi connectivity index (χ0n) is 19.6. The van der Waals surface area contributed by atoms with Gasteiger partial charge in [0.2, 0.25) is 5.91 Å². The Hall–Kier alpha value is -3.39. The normalized spacial score (nSPS) is 20.1. The van der Waals surface area contributed by atoms with E-state index in [1.807, 2.05) is 24.3 Å². The van der Waals surface area contributed by atoms with Gasteiger partial charge in [0, 0.05) is 18.5 Å². The van der Waals surface area contributed by atoms with Crippen LogP contribution in [0.1, 0.15) is 55.6 Å². The van der Waals surface area contributed by atoms with E-state index in [9.17, 15) is 19.5 Å². The molecule has 2 amide bonds. The lowest BCUT2D eigenvalue weighted by atomic mass is 9.93. The summed E-state index contributed by atoms with van der Waals surface area (Å²) in [5, 5.41) is 24.1. The van der Waals surface area contributed by atoms with Crippen molar-refractivity contribution in [2.75, 3.05) is 13.2 Å². The average molecular weight is 481 g/mol. The molecule has 4 rings (SSSR count). The number of hydrogen-bond acceptors (Lipinski definition) is 5. The van der Waals surface area contributed by atoms with Crippen molar-refractivity contribution in [2.24, 2.45) is 5.92 Å². The minimum atomic E-state index is -1.16. The number of amides is 2. The van der Waals surface area contributed by atoms with Crippen molar-refractivity contribution in [3.63, 3.8) is 0 Å². The predicted molar refractivity (Wildman–Crippen MR) is 130 cm³/mol. The lowest BCUT2D eigenvalue weighted by Gasteiger charge is -2.26. The first-order chi connectivity index (χ1) is 16.9. The second-order valence-electron chi connectivity index (χ2n) is 9.32. The van der Waals surface area contributed by atoms with Gasteiger partial charge >= 0.3 is 12.1 Å². The van der Waals surface area contributed by atoms with Gasteiger partial charge in [0.25, 0.3) is 0 Å². The summed E-state index contributed by atoms with van der Waals surface area (Å²) in [4.78, 5) is 36.3. The van der Waals surface area contributed by atoms with Gasteiger partial charge in [-0.15, -0.1) is 0 Å². The SMILES string of the molecule is O=C(O)CC(O)CNC(=O)[C@@H]1CCCCC[C@@H]1NC(=O)OCC1c2ccccc2-c2ccccc21. The van der Waals surface area contributed by atoms with Crippen molar-refractivity contribution in [3.8, 4) is 11.1 Å². The van der Waals surface area contributed by atoms with Crippen molar-refractivity contribution in [1.82, 2.24) is 10.6 Å². The molecule has 186 valence electrons. The summed E-state index contributed by atoms with van der Waals surface area (Å²) in [6.45, 7) is 0.0596. The van der Waals surface area contributed by atoms with Crippen molar-refractivity contribution >= 4 is 18.0 Å². The number of aliphatic carboxylic acids is 1. The maximum Gasteiger partial charge on any atom is 0.407 e. The summed E-state index contributed by atoms with van der Waals surface area (Å²) >= 11 is 0. The topological polar surface area (TPSA) is 125 Å². The van der Waals surface area contributed by atoms with Gasteiger partial charge < -0.3 is 25.6 Å². The Morgan fingerprint density at radius 2 is 1.57 bits per heavy atom. The predicted octanol–water partition coefficient (Wildman–Crippen LogP) is 3.43. The number of carboxylic acids is 1. The number of carboxylic acid groups (broad SMARTS) is 1. The number of benzene rings is 2. The Morgan fingerprint density at radius 3 is 2.23 bits per heavy atom. The van der Waals surface area contributed by atoms with Crippen LogP contribution >= 0.6 is 0 Å². The molecule has 2 aromatic rings. The minimum absolute atomic E-state index is 0.0443. The van der Waals surface area contributed by atoms with Gasteiger partial charge in [0.15, 0.2) is 0 Å². The molecule has 2 aromatic carbocycles. The molecule has 0 heterocycles. The Labute approximate surface area is 204 Å². The number of nitrogens with one attached hydrogen (secondary N) is 2. The minimum Gasteiger partial charge on any atom is -0.481 e. The molecule has 0 aliphatic heterocycles. The number of rotatable bonds is 8. The van der Waals surface area contributed by atoms with Gasteiger partial charge in [0.05, 0.1) is 18.4 Å². The third-order valence-electron chi connectivity index (χ3n) is 6.92. The zero-order valence-corrected chi connectivity index (χ0v) is 19.6. The van der Waals surface area contributed by atoms with Crippen LogP contribution in [0.5, 0.6) is 0 Å². The summed E-state index contributed by atoms with van der Waals surface area (Å²) in [6.07, 6.45) is 1.83. The molecule has 3 atom stereocenters. The van der Waals surface area contributed by atoms with Crippen LogP contribution in [0.15, 0.2) is 48.5 Å². The lowest BCUT2D eigenvalue weighted by molar-refractivity contribution is -0.139. The first-order valence-electron chi connectivity index (χ1n) is 12.2. The largest absolute Gasteiger partial charge is 0.481 e. The molecule has 0 bridgehead atoms. The fourth-order valence-electron chi connectivity index (χ4n) is 5.21. The van der Waals surface area contributed by atoms with Gasteiger partial charge in [-0.2, -0.15) is 0 Å². The van der Waals surface area contributed by atoms with E-state index in [0.29, 0.717) is 12.8 Å². The monoisotopic (exact) mass is 480 g/mol. The molecule has 8 heteroatoms. The van der Waals surface area contributed by atoms with Crippen LogP contribution in [0.4, 0.5) is 4.79 Å². The van der Waals surface area contributed by atoms with Crippen LogP contribution in [0.2, 0.25) is 0 Å². The lowest BCUT2D eigenvalue weighted by Crippen LogP contribution is -2.48. The third-order valence-corrected chi connectivity index (χ3v) is 6.92. The van der Waals surface area contributed by atoms with Gasteiger partial charge in [-0.3, -0.25) is 9.59 Å². The fourth-order valence-corrected chi connectivity index (χ4v) is 5.21. The van der Waals surface area contributed by atoms with E-state index in [-0.39, 0.29) is 31.0 Å². The Morgan fingerprint density at radius 1 is 0.943 bits per heavy atom. The zero-order chi connectivity index (χ0) is 24.8. The standard InChI is InChI=1S/C27H32N2O6/c30-17(14-25(31)32)15-28-26(33)22-12-2-1-3-13-24(22)29-27(34)35-16-23-20-10-6-4-8-18(20)19-9-5-7-11-21(19)23/h4-11,17,22-24,30H,1-3,12-16H2,(H,28,33)(H,29,34)(H,31,32)/t17?,22-,24+/m1/s1. The number of hydrogen-bond donors (Lipinski definition) is 4. The molecule has 0 radical (unpaired) electrons. The third kappa shape index (κ3) is 6.00. The van der Waals surface area contributed by atoms with E-state index >= 15 is 0 Å². The van der Waals surface area contributed by atoms with E-state index in [4.69, 9.17) is 9.84 Å². The van der Waals surface area contributed by atoms with E-state index in [1.54, 1.807) is 0 Å². The van der Waals surface area contributed by atoms with Gasteiger partial charge in [-0.25, -0.2) is 4.79 Å². The van der Waals surface area contributed by atoms with Crippen molar-refractivity contribution in [3.05, 3.63) is 59.7 Å². The van der Waals surface area contributed by atoms with Gasteiger partial charge in [0.1, 0.15) is 6.61 Å². The van der Waals surface area contributed by atoms with Crippen LogP contribution in [0.25, 0.3) is 11.1 Å². The Kier molecular flexibility index (Phi) is 8.02. The van der Waals surface area contributed by atoms with Crippen LogP contribution in [0, 0.1) is 5.92 Å². The number of carbonyl (C=O) groups excluding carboxylic acids is 2. The molecular weight excluding hydrogens is 448 g/mol. The highest BCUT2D eigenvalue weighted by Gasteiger charge is 2.33. The van der Waals surface area contributed by atoms with Crippen LogP contribution in [0.3, 0.4) is 0 Å². The summed E-state index contributed by atoms with van der Waals surface area (Å²) in [6, 6.07) is 15.9. The van der Waals surface area contributed by atoms with Crippen molar-refractivity contribution in [2.45, 2.75) is 56.6 Å². The summed E-state index contributed by atoms with van der Waals surface area (Å²) in [5.74, 6) is -1.93. The van der Waals surface area contributed by atoms with Gasteiger partial charge in [-0.05, 0) is 35.1 Å². The molecule has 4 N–H and O–H groups in total. The quantitative estimate of drug-likeness (QED) is 0.429. The molecule has 0 aromatic heterocycles. The van der Waals surface area contributed by atoms with Crippen molar-refractivity contribution in [1.29, 1.82) is 0 Å². The number of ether oxygens (including phenoxy) is 1. The number of fused-ring (bicyclic) bond motifs is 3. The molecule has 1 fully saturated rings. The van der Waals surface area contributed by atoms with E-state index in [2.05, 4.69) is 34.9 Å². The first-order valence-corrected chi connectivity index (χ1v) is 12.2. The molecular formula is C27H32N2O6. The van der Waals surface area contributed by atoms with Crippen LogP contribution in [-0.4, -0.2) is 53.5 Å². The summed E-state index contributed by atoms with van der Waals surface area (Å²) < 4.78 is 5.67. The number of alkyl carbamates (subject to hydrolysis) is 1. The fraction of sp³-hybridized carbons (Fsp3) is 0.444. The molecule has 1 saturated carbocycles. The van der Waals surface area contributed by atoms with Crippen LogP contribution < -0.4 is 10.6 Å². The number of carbonyl (C=O) groups is 3. The molecule has 2 aliphatic carbocycles. The Balaban J connectivity index is 1.36.